The molecule has 0 saturated heterocycles. The van der Waals surface area contributed by atoms with Crippen LogP contribution in [-0.4, -0.2) is 11.9 Å². The van der Waals surface area contributed by atoms with Gasteiger partial charge in [-0.2, -0.15) is 0 Å². The topological polar surface area (TPSA) is 38.7 Å². The van der Waals surface area contributed by atoms with Crippen LogP contribution in [0.1, 0.15) is 24.8 Å². The molecule has 0 aliphatic heterocycles. The predicted molar refractivity (Wildman–Crippen MR) is 74.6 cm³/mol. The molecule has 0 aliphatic carbocycles. The molecule has 0 radical (unpaired) electrons. The highest BCUT2D eigenvalue weighted by molar-refractivity contribution is 5.35. The van der Waals surface area contributed by atoms with Crippen molar-refractivity contribution >= 4 is 0 Å². The number of hydrogen-bond donors (Lipinski definition) is 1. The average Bonchev–Trinajstić information content (AvgIpc) is 2.46. The van der Waals surface area contributed by atoms with Crippen molar-refractivity contribution in [1.82, 2.24) is 0 Å². The Hall–Kier alpha value is -1.84. The molecular weight excluding hydrogens is 240 g/mol. The van der Waals surface area contributed by atoms with Gasteiger partial charge in [-0.05, 0) is 36.2 Å². The van der Waals surface area contributed by atoms with Crippen molar-refractivity contribution in [3.8, 4) is 11.5 Å². The van der Waals surface area contributed by atoms with Crippen molar-refractivity contribution in [3.63, 3.8) is 0 Å². The van der Waals surface area contributed by atoms with Gasteiger partial charge in [0.05, 0.1) is 6.61 Å². The maximum absolute atomic E-state index is 8.60. The van der Waals surface area contributed by atoms with Gasteiger partial charge < -0.3 is 4.74 Å². The minimum Gasteiger partial charge on any atom is -0.457 e. The Balaban J connectivity index is 2.15. The molecule has 2 aromatic carbocycles. The molecule has 1 N–H and O–H groups in total. The Morgan fingerprint density at radius 2 is 1.74 bits per heavy atom. The van der Waals surface area contributed by atoms with Crippen molar-refractivity contribution in [2.24, 2.45) is 0 Å². The molecule has 0 amide bonds. The van der Waals surface area contributed by atoms with E-state index < -0.39 is 0 Å². The lowest BCUT2D eigenvalue weighted by atomic mass is 9.97. The minimum absolute atomic E-state index is 0.171. The van der Waals surface area contributed by atoms with E-state index in [1.165, 1.54) is 0 Å². The summed E-state index contributed by atoms with van der Waals surface area (Å²) in [5.74, 6) is 1.77. The molecule has 1 atom stereocenters. The number of rotatable bonds is 6. The lowest BCUT2D eigenvalue weighted by Crippen LogP contribution is -2.05. The Morgan fingerprint density at radius 1 is 1.00 bits per heavy atom. The molecule has 0 fully saturated rings. The molecule has 2 aromatic rings. The summed E-state index contributed by atoms with van der Waals surface area (Å²) in [7, 11) is 0. The largest absolute Gasteiger partial charge is 0.457 e. The summed E-state index contributed by atoms with van der Waals surface area (Å²) in [6.45, 7) is 2.36. The van der Waals surface area contributed by atoms with E-state index >= 15 is 0 Å². The monoisotopic (exact) mass is 258 g/mol. The summed E-state index contributed by atoms with van der Waals surface area (Å²) in [5.41, 5.74) is 1.10. The van der Waals surface area contributed by atoms with E-state index in [-0.39, 0.29) is 5.92 Å². The van der Waals surface area contributed by atoms with E-state index in [9.17, 15) is 0 Å². The van der Waals surface area contributed by atoms with Crippen LogP contribution in [0.3, 0.4) is 0 Å². The third-order valence-corrected chi connectivity index (χ3v) is 3.08. The fraction of sp³-hybridized carbons (Fsp3) is 0.250. The Labute approximate surface area is 113 Å². The van der Waals surface area contributed by atoms with Crippen molar-refractivity contribution in [2.75, 3.05) is 6.61 Å². The molecule has 0 heterocycles. The third kappa shape index (κ3) is 3.81. The van der Waals surface area contributed by atoms with Crippen molar-refractivity contribution < 1.29 is 14.9 Å². The van der Waals surface area contributed by atoms with E-state index in [1.807, 2.05) is 54.6 Å². The molecule has 0 aromatic heterocycles. The molecule has 0 saturated carbocycles. The van der Waals surface area contributed by atoms with Crippen LogP contribution >= 0.6 is 0 Å². The highest BCUT2D eigenvalue weighted by Gasteiger charge is 2.10. The van der Waals surface area contributed by atoms with Gasteiger partial charge >= 0.3 is 0 Å². The fourth-order valence-electron chi connectivity index (χ4n) is 2.00. The van der Waals surface area contributed by atoms with Crippen LogP contribution in [0, 0.1) is 0 Å². The first-order chi connectivity index (χ1) is 9.33. The molecule has 0 spiro atoms. The average molecular weight is 258 g/mol. The zero-order valence-electron chi connectivity index (χ0n) is 11.0. The van der Waals surface area contributed by atoms with Crippen molar-refractivity contribution in [3.05, 3.63) is 60.2 Å². The van der Waals surface area contributed by atoms with Crippen LogP contribution in [0.2, 0.25) is 0 Å². The zero-order chi connectivity index (χ0) is 13.5. The molecule has 100 valence electrons. The molecular formula is C16H18O3. The second kappa shape index (κ2) is 6.92. The highest BCUT2D eigenvalue weighted by Crippen LogP contribution is 2.26. The van der Waals surface area contributed by atoms with Gasteiger partial charge in [0.15, 0.2) is 0 Å². The van der Waals surface area contributed by atoms with Crippen LogP contribution < -0.4 is 4.74 Å². The molecule has 0 aliphatic rings. The smallest absolute Gasteiger partial charge is 0.127 e. The molecule has 19 heavy (non-hydrogen) atoms. The number of benzene rings is 2. The van der Waals surface area contributed by atoms with Crippen LogP contribution in [0.15, 0.2) is 54.6 Å². The van der Waals surface area contributed by atoms with E-state index in [0.29, 0.717) is 6.61 Å². The van der Waals surface area contributed by atoms with Gasteiger partial charge in [0, 0.05) is 5.92 Å². The van der Waals surface area contributed by atoms with Gasteiger partial charge in [-0.3, -0.25) is 5.26 Å². The standard InChI is InChI=1S/C16H18O3/c1-2-13(12-18-17)14-7-6-10-16(11-14)19-15-8-4-3-5-9-15/h3-11,13,17H,2,12H2,1H3. The maximum Gasteiger partial charge on any atom is 0.127 e. The van der Waals surface area contributed by atoms with Crippen molar-refractivity contribution in [1.29, 1.82) is 0 Å². The van der Waals surface area contributed by atoms with Gasteiger partial charge in [-0.15, -0.1) is 0 Å². The second-order valence-electron chi connectivity index (χ2n) is 4.39. The quantitative estimate of drug-likeness (QED) is 0.614. The second-order valence-corrected chi connectivity index (χ2v) is 4.39. The van der Waals surface area contributed by atoms with Crippen LogP contribution in [0.25, 0.3) is 0 Å². The predicted octanol–water partition coefficient (Wildman–Crippen LogP) is 4.46. The summed E-state index contributed by atoms with van der Waals surface area (Å²) in [4.78, 5) is 4.27. The number of ether oxygens (including phenoxy) is 1. The molecule has 1 unspecified atom stereocenters. The zero-order valence-corrected chi connectivity index (χ0v) is 11.0. The molecule has 3 nitrogen and oxygen atoms in total. The van der Waals surface area contributed by atoms with E-state index in [0.717, 1.165) is 23.5 Å². The van der Waals surface area contributed by atoms with Crippen LogP contribution in [0.4, 0.5) is 0 Å². The van der Waals surface area contributed by atoms with Gasteiger partial charge in [-0.1, -0.05) is 37.3 Å². The Kier molecular flexibility index (Phi) is 4.95. The number of para-hydroxylation sites is 1. The van der Waals surface area contributed by atoms with Crippen LogP contribution in [-0.2, 0) is 4.89 Å². The fourth-order valence-corrected chi connectivity index (χ4v) is 2.00. The van der Waals surface area contributed by atoms with E-state index in [2.05, 4.69) is 11.8 Å². The lowest BCUT2D eigenvalue weighted by molar-refractivity contribution is -0.245. The summed E-state index contributed by atoms with van der Waals surface area (Å²) < 4.78 is 5.79. The molecule has 3 heteroatoms. The van der Waals surface area contributed by atoms with E-state index in [4.69, 9.17) is 9.99 Å². The summed E-state index contributed by atoms with van der Waals surface area (Å²) in [6, 6.07) is 17.5. The summed E-state index contributed by atoms with van der Waals surface area (Å²) in [6.07, 6.45) is 0.898. The van der Waals surface area contributed by atoms with Gasteiger partial charge in [-0.25, -0.2) is 4.89 Å². The normalized spacial score (nSPS) is 12.1. The first-order valence-corrected chi connectivity index (χ1v) is 6.42. The SMILES string of the molecule is CCC(COO)c1cccc(Oc2ccccc2)c1. The van der Waals surface area contributed by atoms with Gasteiger partial charge in [0.1, 0.15) is 11.5 Å². The van der Waals surface area contributed by atoms with Crippen LogP contribution in [0.5, 0.6) is 11.5 Å². The lowest BCUT2D eigenvalue weighted by Gasteiger charge is -2.14. The van der Waals surface area contributed by atoms with Crippen molar-refractivity contribution in [2.45, 2.75) is 19.3 Å². The first kappa shape index (κ1) is 13.6. The highest BCUT2D eigenvalue weighted by atomic mass is 17.1. The molecule has 0 bridgehead atoms. The third-order valence-electron chi connectivity index (χ3n) is 3.08. The molecule has 2 rings (SSSR count). The van der Waals surface area contributed by atoms with Gasteiger partial charge in [0.25, 0.3) is 0 Å². The Morgan fingerprint density at radius 3 is 2.42 bits per heavy atom. The summed E-state index contributed by atoms with van der Waals surface area (Å²) in [5, 5.41) is 8.60. The van der Waals surface area contributed by atoms with E-state index in [1.54, 1.807) is 0 Å². The maximum atomic E-state index is 8.60. The Bertz CT molecular complexity index is 496. The minimum atomic E-state index is 0.171. The summed E-state index contributed by atoms with van der Waals surface area (Å²) >= 11 is 0. The number of hydrogen-bond acceptors (Lipinski definition) is 3. The first-order valence-electron chi connectivity index (χ1n) is 6.42. The van der Waals surface area contributed by atoms with Gasteiger partial charge in [0.2, 0.25) is 0 Å².